The van der Waals surface area contributed by atoms with Gasteiger partial charge in [-0.3, -0.25) is 4.98 Å². The number of benzene rings is 1. The van der Waals surface area contributed by atoms with Crippen LogP contribution >= 0.6 is 0 Å². The maximum Gasteiger partial charge on any atom is 0.0796 e. The van der Waals surface area contributed by atoms with Crippen molar-refractivity contribution in [3.05, 3.63) is 48.6 Å². The number of hydrogen-bond donors (Lipinski definition) is 0. The summed E-state index contributed by atoms with van der Waals surface area (Å²) in [5.74, 6) is 0. The van der Waals surface area contributed by atoms with Crippen LogP contribution in [0.5, 0.6) is 0 Å². The summed E-state index contributed by atoms with van der Waals surface area (Å²) in [6.07, 6.45) is 1.89. The molecule has 1 aromatic heterocycles. The zero-order chi connectivity index (χ0) is 14.2. The van der Waals surface area contributed by atoms with Gasteiger partial charge in [0.2, 0.25) is 0 Å². The Labute approximate surface area is 102 Å². The van der Waals surface area contributed by atoms with Crippen molar-refractivity contribution in [2.75, 3.05) is 0 Å². The molecule has 0 aliphatic heterocycles. The van der Waals surface area contributed by atoms with Crippen LogP contribution in [0.25, 0.3) is 11.3 Å². The molecule has 0 radical (unpaired) electrons. The molecule has 0 aliphatic rings. The Morgan fingerprint density at radius 3 is 2.19 bits per heavy atom. The second-order valence-electron chi connectivity index (χ2n) is 4.84. The van der Waals surface area contributed by atoms with E-state index in [4.69, 9.17) is 4.11 Å². The summed E-state index contributed by atoms with van der Waals surface area (Å²) < 4.78 is 22.9. The lowest BCUT2D eigenvalue weighted by Gasteiger charge is -2.16. The van der Waals surface area contributed by atoms with Gasteiger partial charge in [0.05, 0.1) is 17.9 Å². The lowest BCUT2D eigenvalue weighted by atomic mass is 10.1. The van der Waals surface area contributed by atoms with Crippen LogP contribution in [0.4, 0.5) is 0 Å². The van der Waals surface area contributed by atoms with Gasteiger partial charge < -0.3 is 0 Å². The third kappa shape index (κ3) is 2.39. The summed E-state index contributed by atoms with van der Waals surface area (Å²) >= 11 is 0. The molecule has 0 N–H and O–H groups in total. The fraction of sp³-hybridized carbons (Fsp3) is 0.214. The van der Waals surface area contributed by atoms with E-state index in [0.717, 1.165) is 11.3 Å². The molecule has 0 amide bonds. The Morgan fingerprint density at radius 2 is 1.69 bits per heavy atom. The van der Waals surface area contributed by atoms with E-state index in [1.807, 2.05) is 12.3 Å². The van der Waals surface area contributed by atoms with Crippen molar-refractivity contribution >= 4 is 13.3 Å². The largest absolute Gasteiger partial charge is 0.256 e. The monoisotopic (exact) mass is 230 g/mol. The highest BCUT2D eigenvalue weighted by atomic mass is 28.3. The Balaban J connectivity index is 2.43. The molecular formula is C14H17NSi. The smallest absolute Gasteiger partial charge is 0.0796 e. The van der Waals surface area contributed by atoms with Crippen LogP contribution in [0.2, 0.25) is 19.6 Å². The lowest BCUT2D eigenvalue weighted by Crippen LogP contribution is -2.37. The molecule has 16 heavy (non-hydrogen) atoms. The van der Waals surface area contributed by atoms with E-state index < -0.39 is 8.07 Å². The Kier molecular flexibility index (Phi) is 2.06. The maximum atomic E-state index is 7.66. The first-order valence-electron chi connectivity index (χ1n) is 6.84. The molecule has 2 heteroatoms. The molecule has 0 atom stereocenters. The second kappa shape index (κ2) is 4.22. The first-order chi connectivity index (χ1) is 8.79. The molecule has 0 unspecified atom stereocenters. The van der Waals surface area contributed by atoms with Gasteiger partial charge in [-0.25, -0.2) is 0 Å². The van der Waals surface area contributed by atoms with Crippen molar-refractivity contribution in [1.29, 1.82) is 0 Å². The van der Waals surface area contributed by atoms with E-state index in [1.165, 1.54) is 5.19 Å². The van der Waals surface area contributed by atoms with E-state index in [1.54, 1.807) is 12.1 Å². The molecule has 0 aliphatic carbocycles. The third-order valence-electron chi connectivity index (χ3n) is 2.52. The summed E-state index contributed by atoms with van der Waals surface area (Å²) in [6, 6.07) is 7.30. The van der Waals surface area contributed by atoms with Crippen molar-refractivity contribution in [2.45, 2.75) is 19.6 Å². The van der Waals surface area contributed by atoms with Crippen molar-refractivity contribution in [2.24, 2.45) is 0 Å². The second-order valence-corrected chi connectivity index (χ2v) is 9.92. The molecule has 0 saturated carbocycles. The summed E-state index contributed by atoms with van der Waals surface area (Å²) in [4.78, 5) is 4.43. The van der Waals surface area contributed by atoms with Gasteiger partial charge in [-0.15, -0.1) is 0 Å². The Morgan fingerprint density at radius 1 is 1.00 bits per heavy atom. The zero-order valence-corrected chi connectivity index (χ0v) is 10.8. The first kappa shape index (κ1) is 7.79. The van der Waals surface area contributed by atoms with Gasteiger partial charge in [-0.2, -0.15) is 0 Å². The number of pyridine rings is 1. The maximum absolute atomic E-state index is 7.66. The molecular weight excluding hydrogens is 210 g/mol. The fourth-order valence-corrected chi connectivity index (χ4v) is 2.50. The van der Waals surface area contributed by atoms with Crippen LogP contribution in [-0.2, 0) is 0 Å². The molecule has 0 fully saturated rings. The number of rotatable bonds is 2. The topological polar surface area (TPSA) is 12.9 Å². The first-order valence-corrected chi connectivity index (χ1v) is 8.84. The van der Waals surface area contributed by atoms with Crippen LogP contribution in [0.3, 0.4) is 0 Å². The summed E-state index contributed by atoms with van der Waals surface area (Å²) in [5, 5.41) is 1.28. The van der Waals surface area contributed by atoms with Gasteiger partial charge in [-0.05, 0) is 11.3 Å². The van der Waals surface area contributed by atoms with Crippen LogP contribution in [0.15, 0.2) is 48.6 Å². The summed E-state index contributed by atoms with van der Waals surface area (Å²) in [7, 11) is -1.35. The zero-order valence-electron chi connectivity index (χ0n) is 12.8. The van der Waals surface area contributed by atoms with Crippen molar-refractivity contribution in [1.82, 2.24) is 4.98 Å². The number of hydrogen-bond acceptors (Lipinski definition) is 1. The minimum Gasteiger partial charge on any atom is -0.256 e. The predicted octanol–water partition coefficient (Wildman–Crippen LogP) is 3.29. The van der Waals surface area contributed by atoms with E-state index in [-0.39, 0.29) is 18.1 Å². The molecule has 1 heterocycles. The summed E-state index contributed by atoms with van der Waals surface area (Å²) in [6.45, 7) is 6.80. The number of aromatic nitrogens is 1. The van der Waals surface area contributed by atoms with E-state index in [9.17, 15) is 0 Å². The lowest BCUT2D eigenvalue weighted by molar-refractivity contribution is 1.34. The van der Waals surface area contributed by atoms with Gasteiger partial charge in [0, 0.05) is 11.8 Å². The van der Waals surface area contributed by atoms with E-state index >= 15 is 0 Å². The molecule has 82 valence electrons. The highest BCUT2D eigenvalue weighted by molar-refractivity contribution is 6.88. The van der Waals surface area contributed by atoms with Gasteiger partial charge in [0.1, 0.15) is 0 Å². The molecule has 0 saturated heterocycles. The molecule has 0 bridgehead atoms. The molecule has 1 nitrogen and oxygen atoms in total. The quantitative estimate of drug-likeness (QED) is 0.721. The highest BCUT2D eigenvalue weighted by Crippen LogP contribution is 2.15. The SMILES string of the molecule is [2H]c1cc(-c2ccc([Si](C)(C)C)cn2)cc([2H])c1[2H]. The predicted molar refractivity (Wildman–Crippen MR) is 72.7 cm³/mol. The van der Waals surface area contributed by atoms with Crippen molar-refractivity contribution in [3.63, 3.8) is 0 Å². The normalized spacial score (nSPS) is 14.1. The Hall–Kier alpha value is -1.41. The molecule has 2 rings (SSSR count). The summed E-state index contributed by atoms with van der Waals surface area (Å²) in [5.41, 5.74) is 1.48. The fourth-order valence-electron chi connectivity index (χ4n) is 1.47. The number of nitrogens with zero attached hydrogens (tertiary/aromatic N) is 1. The van der Waals surface area contributed by atoms with Crippen LogP contribution in [-0.4, -0.2) is 13.1 Å². The minimum absolute atomic E-state index is 0.0394. The van der Waals surface area contributed by atoms with Crippen LogP contribution in [0, 0.1) is 0 Å². The minimum atomic E-state index is -1.35. The Bertz CT molecular complexity index is 580. The molecule has 1 aromatic carbocycles. The van der Waals surface area contributed by atoms with Crippen molar-refractivity contribution < 1.29 is 4.11 Å². The van der Waals surface area contributed by atoms with Crippen LogP contribution < -0.4 is 5.19 Å². The highest BCUT2D eigenvalue weighted by Gasteiger charge is 2.16. The van der Waals surface area contributed by atoms with Gasteiger partial charge in [0.25, 0.3) is 0 Å². The molecule has 0 spiro atoms. The molecule has 2 aromatic rings. The van der Waals surface area contributed by atoms with Gasteiger partial charge in [0.15, 0.2) is 0 Å². The average Bonchev–Trinajstić information content (AvgIpc) is 2.34. The van der Waals surface area contributed by atoms with E-state index in [2.05, 4.69) is 30.7 Å². The van der Waals surface area contributed by atoms with E-state index in [0.29, 0.717) is 0 Å². The van der Waals surface area contributed by atoms with Crippen molar-refractivity contribution in [3.8, 4) is 11.3 Å². The average molecular weight is 230 g/mol. The standard InChI is InChI=1S/C14H17NSi/c1-16(2,3)13-9-10-14(15-11-13)12-7-5-4-6-8-12/h4-11H,1-3H3/i4D,5D,6D. The van der Waals surface area contributed by atoms with Crippen LogP contribution in [0.1, 0.15) is 4.11 Å². The van der Waals surface area contributed by atoms with Gasteiger partial charge >= 0.3 is 0 Å². The third-order valence-corrected chi connectivity index (χ3v) is 4.55. The van der Waals surface area contributed by atoms with Gasteiger partial charge in [-0.1, -0.05) is 56.0 Å².